The molecule has 0 amide bonds. The minimum atomic E-state index is -4.65. The zero-order valence-electron chi connectivity index (χ0n) is 21.4. The van der Waals surface area contributed by atoms with E-state index in [0.29, 0.717) is 28.3 Å². The topological polar surface area (TPSA) is 167 Å². The van der Waals surface area contributed by atoms with E-state index in [9.17, 15) is 21.4 Å². The minimum absolute atomic E-state index is 0.0337. The van der Waals surface area contributed by atoms with Gasteiger partial charge in [0.2, 0.25) is 0 Å². The van der Waals surface area contributed by atoms with Gasteiger partial charge in [0.05, 0.1) is 16.9 Å². The predicted octanol–water partition coefficient (Wildman–Crippen LogP) is 5.48. The van der Waals surface area contributed by atoms with Crippen LogP contribution in [-0.2, 0) is 29.6 Å². The molecule has 6 rings (SSSR count). The summed E-state index contributed by atoms with van der Waals surface area (Å²) in [6.45, 7) is 1.84. The van der Waals surface area contributed by atoms with Gasteiger partial charge in [0.15, 0.2) is 5.75 Å². The van der Waals surface area contributed by atoms with Crippen LogP contribution in [0.5, 0.6) is 5.75 Å². The quantitative estimate of drug-likeness (QED) is 0.0720. The fourth-order valence-corrected chi connectivity index (χ4v) is 6.59. The molecule has 0 bridgehead atoms. The van der Waals surface area contributed by atoms with Crippen LogP contribution < -0.4 is 4.18 Å². The number of hydrogen-bond acceptors (Lipinski definition) is 11. The predicted molar refractivity (Wildman–Crippen MR) is 153 cm³/mol. The third kappa shape index (κ3) is 5.18. The Morgan fingerprint density at radius 2 is 1.57 bits per heavy atom. The molecular weight excluding hydrogens is 607 g/mol. The fraction of sp³-hybridized carbons (Fsp3) is 0.0370. The number of benzene rings is 5. The van der Waals surface area contributed by atoms with Crippen molar-refractivity contribution in [3.05, 3.63) is 90.5 Å². The molecule has 12 nitrogen and oxygen atoms in total. The maximum atomic E-state index is 13.2. The Balaban J connectivity index is 1.58. The van der Waals surface area contributed by atoms with E-state index in [1.54, 1.807) is 42.5 Å². The summed E-state index contributed by atoms with van der Waals surface area (Å²) in [5.41, 5.74) is 1.66. The molecule has 1 aromatic heterocycles. The number of aryl methyl sites for hydroxylation is 1. The molecule has 214 valence electrons. The van der Waals surface area contributed by atoms with Crippen molar-refractivity contribution in [2.24, 2.45) is 0 Å². The van der Waals surface area contributed by atoms with Crippen molar-refractivity contribution in [1.82, 2.24) is 15.0 Å². The van der Waals surface area contributed by atoms with E-state index in [1.165, 1.54) is 29.1 Å². The van der Waals surface area contributed by atoms with Gasteiger partial charge in [0, 0.05) is 21.1 Å². The maximum absolute atomic E-state index is 13.2. The van der Waals surface area contributed by atoms with Gasteiger partial charge in [-0.3, -0.25) is 4.55 Å². The summed E-state index contributed by atoms with van der Waals surface area (Å²) in [5.74, 6) is -0.0396. The number of fused-ring (bicyclic) bond motifs is 4. The van der Waals surface area contributed by atoms with Crippen LogP contribution in [0.15, 0.2) is 99.6 Å². The highest BCUT2D eigenvalue weighted by molar-refractivity contribution is 7.94. The largest absolute Gasteiger partial charge is 0.377 e. The molecule has 0 radical (unpaired) electrons. The van der Waals surface area contributed by atoms with Crippen LogP contribution in [0.25, 0.3) is 38.3 Å². The standard InChI is InChI=1S/C27H19N3O9S3/c1-16-6-9-18(10-7-16)42(35,36)37-24-13-8-17-4-2-3-5-20(17)27(24)30-28-23-12-11-21-22(26(23)29-30)14-19(41(32,33)34)15-25(21)40-39-38-31/h2-15,31H,1H3,(H,32,33,34). The molecule has 0 fully saturated rings. The second-order valence-electron chi connectivity index (χ2n) is 9.12. The molecule has 0 aliphatic rings. The molecule has 0 unspecified atom stereocenters. The third-order valence-corrected chi connectivity index (χ3v) is 9.17. The Hall–Kier alpha value is -4.09. The molecule has 0 atom stereocenters. The molecule has 0 aliphatic carbocycles. The second-order valence-corrected chi connectivity index (χ2v) is 12.8. The van der Waals surface area contributed by atoms with Crippen molar-refractivity contribution >= 4 is 64.9 Å². The zero-order valence-corrected chi connectivity index (χ0v) is 23.9. The summed E-state index contributed by atoms with van der Waals surface area (Å²) in [6.07, 6.45) is 0. The molecule has 0 spiro atoms. The van der Waals surface area contributed by atoms with E-state index in [4.69, 9.17) is 9.44 Å². The van der Waals surface area contributed by atoms with E-state index in [1.807, 2.05) is 19.1 Å². The Labute approximate surface area is 243 Å². The van der Waals surface area contributed by atoms with Gasteiger partial charge in [-0.25, -0.2) is 5.26 Å². The normalized spacial score (nSPS) is 12.4. The number of nitrogens with zero attached hydrogens (tertiary/aromatic N) is 3. The van der Waals surface area contributed by atoms with E-state index < -0.39 is 25.1 Å². The highest BCUT2D eigenvalue weighted by Gasteiger charge is 2.23. The zero-order chi connectivity index (χ0) is 29.6. The Kier molecular flexibility index (Phi) is 7.10. The highest BCUT2D eigenvalue weighted by Crippen LogP contribution is 2.37. The maximum Gasteiger partial charge on any atom is 0.339 e. The van der Waals surface area contributed by atoms with Gasteiger partial charge in [0.25, 0.3) is 10.1 Å². The molecule has 5 aromatic carbocycles. The number of rotatable bonds is 8. The van der Waals surface area contributed by atoms with Gasteiger partial charge in [-0.15, -0.1) is 19.3 Å². The molecule has 1 heterocycles. The molecule has 0 saturated heterocycles. The van der Waals surface area contributed by atoms with Gasteiger partial charge < -0.3 is 4.18 Å². The summed E-state index contributed by atoms with van der Waals surface area (Å²) in [5, 5.41) is 23.5. The van der Waals surface area contributed by atoms with Crippen LogP contribution >= 0.6 is 12.0 Å². The average molecular weight is 626 g/mol. The first-order valence-electron chi connectivity index (χ1n) is 12.0. The fourth-order valence-electron chi connectivity index (χ4n) is 4.50. The van der Waals surface area contributed by atoms with Gasteiger partial charge in [-0.05, 0) is 48.7 Å². The number of aromatic nitrogens is 3. The van der Waals surface area contributed by atoms with E-state index in [2.05, 4.69) is 19.6 Å². The highest BCUT2D eigenvalue weighted by atomic mass is 32.2. The second kappa shape index (κ2) is 10.6. The molecule has 42 heavy (non-hydrogen) atoms. The van der Waals surface area contributed by atoms with E-state index >= 15 is 0 Å². The smallest absolute Gasteiger partial charge is 0.339 e. The van der Waals surface area contributed by atoms with Gasteiger partial charge in [-0.2, -0.15) is 16.8 Å². The first-order chi connectivity index (χ1) is 20.0. The summed E-state index contributed by atoms with van der Waals surface area (Å²) >= 11 is 0.512. The molecular formula is C27H19N3O9S3. The molecule has 2 N–H and O–H groups in total. The number of hydrogen-bond donors (Lipinski definition) is 2. The van der Waals surface area contributed by atoms with Crippen molar-refractivity contribution in [2.45, 2.75) is 21.6 Å². The minimum Gasteiger partial charge on any atom is -0.377 e. The first-order valence-corrected chi connectivity index (χ1v) is 15.6. The summed E-state index contributed by atoms with van der Waals surface area (Å²) in [4.78, 5) is 0.907. The van der Waals surface area contributed by atoms with Gasteiger partial charge in [0.1, 0.15) is 21.6 Å². The summed E-state index contributed by atoms with van der Waals surface area (Å²) < 4.78 is 70.5. The first kappa shape index (κ1) is 28.0. The average Bonchev–Trinajstić information content (AvgIpc) is 3.39. The molecule has 0 saturated carbocycles. The Morgan fingerprint density at radius 3 is 2.31 bits per heavy atom. The van der Waals surface area contributed by atoms with Gasteiger partial charge in [-0.1, -0.05) is 59.1 Å². The van der Waals surface area contributed by atoms with Crippen molar-refractivity contribution in [3.8, 4) is 11.4 Å². The van der Waals surface area contributed by atoms with Crippen LogP contribution in [0, 0.1) is 6.92 Å². The molecule has 15 heteroatoms. The lowest BCUT2D eigenvalue weighted by molar-refractivity contribution is -0.432. The van der Waals surface area contributed by atoms with Gasteiger partial charge >= 0.3 is 10.1 Å². The Morgan fingerprint density at radius 1 is 0.810 bits per heavy atom. The summed E-state index contributed by atoms with van der Waals surface area (Å²) in [6, 6.07) is 22.2. The Bertz CT molecular complexity index is 2220. The van der Waals surface area contributed by atoms with E-state index in [0.717, 1.165) is 17.0 Å². The van der Waals surface area contributed by atoms with Crippen molar-refractivity contribution in [2.75, 3.05) is 0 Å². The van der Waals surface area contributed by atoms with Crippen molar-refractivity contribution < 1.29 is 40.2 Å². The third-order valence-electron chi connectivity index (χ3n) is 6.44. The molecule has 0 aliphatic heterocycles. The lowest BCUT2D eigenvalue weighted by Gasteiger charge is -2.13. The monoisotopic (exact) mass is 625 g/mol. The van der Waals surface area contributed by atoms with Crippen LogP contribution in [0.4, 0.5) is 0 Å². The van der Waals surface area contributed by atoms with E-state index in [-0.39, 0.29) is 32.1 Å². The SMILES string of the molecule is Cc1ccc(S(=O)(=O)Oc2ccc3ccccc3c2-n2nc3ccc4c(SOOO)cc(S(=O)(=O)O)cc4c3n2)cc1. The lowest BCUT2D eigenvalue weighted by Crippen LogP contribution is -2.12. The van der Waals surface area contributed by atoms with Crippen molar-refractivity contribution in [3.63, 3.8) is 0 Å². The van der Waals surface area contributed by atoms with Crippen molar-refractivity contribution in [1.29, 1.82) is 0 Å². The molecule has 6 aromatic rings. The van der Waals surface area contributed by atoms with Crippen LogP contribution in [0.1, 0.15) is 5.56 Å². The lowest BCUT2D eigenvalue weighted by atomic mass is 10.1. The van der Waals surface area contributed by atoms with Crippen LogP contribution in [0.3, 0.4) is 0 Å². The van der Waals surface area contributed by atoms with Crippen LogP contribution in [0.2, 0.25) is 0 Å². The van der Waals surface area contributed by atoms with Crippen LogP contribution in [-0.4, -0.2) is 41.6 Å². The summed E-state index contributed by atoms with van der Waals surface area (Å²) in [7, 11) is -8.90.